The summed E-state index contributed by atoms with van der Waals surface area (Å²) < 4.78 is 12.7. The highest BCUT2D eigenvalue weighted by atomic mass is 32.2. The third-order valence-corrected chi connectivity index (χ3v) is 4.50. The Kier molecular flexibility index (Phi) is 6.01. The van der Waals surface area contributed by atoms with E-state index in [0.717, 1.165) is 22.8 Å². The molecule has 0 radical (unpaired) electrons. The van der Waals surface area contributed by atoms with Gasteiger partial charge < -0.3 is 5.32 Å². The van der Waals surface area contributed by atoms with Crippen LogP contribution in [0.3, 0.4) is 0 Å². The molecule has 0 aliphatic carbocycles. The van der Waals surface area contributed by atoms with E-state index in [4.69, 9.17) is 0 Å². The number of anilines is 1. The molecule has 0 fully saturated rings. The van der Waals surface area contributed by atoms with Crippen LogP contribution in [-0.4, -0.2) is 23.3 Å². The molecule has 2 N–H and O–H groups in total. The fraction of sp³-hybridized carbons (Fsp3) is 0.286. The van der Waals surface area contributed by atoms with Crippen LogP contribution in [0.1, 0.15) is 12.1 Å². The number of aryl methyl sites for hydroxylation is 1. The fourth-order valence-corrected chi connectivity index (χ4v) is 3.08. The summed E-state index contributed by atoms with van der Waals surface area (Å²) in [5.74, 6) is 0.637. The van der Waals surface area contributed by atoms with Crippen LogP contribution >= 0.6 is 23.1 Å². The lowest BCUT2D eigenvalue weighted by atomic mass is 10.4. The average Bonchev–Trinajstić information content (AvgIpc) is 2.86. The number of aromatic nitrogens is 1. The third kappa shape index (κ3) is 5.73. The van der Waals surface area contributed by atoms with Crippen molar-refractivity contribution >= 4 is 34.3 Å². The zero-order valence-electron chi connectivity index (χ0n) is 11.6. The molecule has 2 rings (SSSR count). The van der Waals surface area contributed by atoms with Gasteiger partial charge in [0, 0.05) is 16.8 Å². The number of urea groups is 1. The lowest BCUT2D eigenvalue weighted by molar-refractivity contribution is 0.252. The van der Waals surface area contributed by atoms with Crippen LogP contribution < -0.4 is 10.6 Å². The van der Waals surface area contributed by atoms with E-state index in [1.165, 1.54) is 23.5 Å². The Bertz CT molecular complexity index is 586. The highest BCUT2D eigenvalue weighted by Gasteiger charge is 2.04. The largest absolute Gasteiger partial charge is 0.338 e. The molecule has 2 aromatic rings. The van der Waals surface area contributed by atoms with Gasteiger partial charge in [-0.15, -0.1) is 23.1 Å². The molecule has 0 saturated carbocycles. The molecule has 112 valence electrons. The van der Waals surface area contributed by atoms with Crippen LogP contribution in [0.2, 0.25) is 0 Å². The molecule has 0 aliphatic heterocycles. The van der Waals surface area contributed by atoms with E-state index in [1.54, 1.807) is 23.9 Å². The lowest BCUT2D eigenvalue weighted by Crippen LogP contribution is -2.29. The van der Waals surface area contributed by atoms with Gasteiger partial charge in [0.05, 0.1) is 5.69 Å². The minimum absolute atomic E-state index is 0.227. The van der Waals surface area contributed by atoms with Crippen molar-refractivity contribution in [2.45, 2.75) is 18.2 Å². The first-order valence-electron chi connectivity index (χ1n) is 6.49. The van der Waals surface area contributed by atoms with Crippen molar-refractivity contribution in [2.75, 3.05) is 17.6 Å². The van der Waals surface area contributed by atoms with Gasteiger partial charge in [-0.05, 0) is 43.4 Å². The molecule has 1 aromatic heterocycles. The normalized spacial score (nSPS) is 10.4. The quantitative estimate of drug-likeness (QED) is 0.626. The standard InChI is InChI=1S/C14H16FN3OS2/c1-10-9-21-14(17-10)18-13(19)16-7-2-8-20-12-5-3-11(15)4-6-12/h3-6,9H,2,7-8H2,1H3,(H2,16,17,18,19). The van der Waals surface area contributed by atoms with Gasteiger partial charge >= 0.3 is 6.03 Å². The molecular weight excluding hydrogens is 309 g/mol. The zero-order valence-corrected chi connectivity index (χ0v) is 13.2. The van der Waals surface area contributed by atoms with E-state index < -0.39 is 0 Å². The van der Waals surface area contributed by atoms with Crippen LogP contribution in [0.25, 0.3) is 0 Å². The van der Waals surface area contributed by atoms with Gasteiger partial charge in [0.1, 0.15) is 5.82 Å². The number of amides is 2. The van der Waals surface area contributed by atoms with E-state index in [-0.39, 0.29) is 11.8 Å². The van der Waals surface area contributed by atoms with Crippen molar-refractivity contribution in [3.8, 4) is 0 Å². The second-order valence-electron chi connectivity index (χ2n) is 4.33. The van der Waals surface area contributed by atoms with Gasteiger partial charge in [-0.25, -0.2) is 14.2 Å². The summed E-state index contributed by atoms with van der Waals surface area (Å²) in [5.41, 5.74) is 0.894. The molecule has 0 unspecified atom stereocenters. The number of thiazole rings is 1. The Morgan fingerprint density at radius 3 is 2.81 bits per heavy atom. The number of nitrogens with one attached hydrogen (secondary N) is 2. The highest BCUT2D eigenvalue weighted by Crippen LogP contribution is 2.18. The number of halogens is 1. The van der Waals surface area contributed by atoms with Crippen molar-refractivity contribution in [3.05, 3.63) is 41.2 Å². The van der Waals surface area contributed by atoms with Crippen molar-refractivity contribution in [3.63, 3.8) is 0 Å². The average molecular weight is 325 g/mol. The summed E-state index contributed by atoms with van der Waals surface area (Å²) in [6.45, 7) is 2.47. The lowest BCUT2D eigenvalue weighted by Gasteiger charge is -2.05. The molecule has 0 spiro atoms. The number of carbonyl (C=O) groups excluding carboxylic acids is 1. The van der Waals surface area contributed by atoms with Crippen molar-refractivity contribution in [2.24, 2.45) is 0 Å². The Hall–Kier alpha value is -1.60. The van der Waals surface area contributed by atoms with Crippen molar-refractivity contribution in [1.82, 2.24) is 10.3 Å². The number of benzene rings is 1. The minimum Gasteiger partial charge on any atom is -0.338 e. The first-order valence-corrected chi connectivity index (χ1v) is 8.35. The van der Waals surface area contributed by atoms with E-state index in [0.29, 0.717) is 11.7 Å². The van der Waals surface area contributed by atoms with E-state index in [1.807, 2.05) is 12.3 Å². The first kappa shape index (κ1) is 15.8. The Balaban J connectivity index is 1.59. The monoisotopic (exact) mass is 325 g/mol. The predicted octanol–water partition coefficient (Wildman–Crippen LogP) is 3.89. The van der Waals surface area contributed by atoms with E-state index in [2.05, 4.69) is 15.6 Å². The maximum Gasteiger partial charge on any atom is 0.321 e. The molecule has 1 aromatic carbocycles. The molecule has 2 amide bonds. The molecule has 1 heterocycles. The number of thioether (sulfide) groups is 1. The summed E-state index contributed by atoms with van der Waals surface area (Å²) in [5, 5.41) is 7.95. The second-order valence-corrected chi connectivity index (χ2v) is 6.36. The molecular formula is C14H16FN3OS2. The van der Waals surface area contributed by atoms with Crippen LogP contribution in [-0.2, 0) is 0 Å². The summed E-state index contributed by atoms with van der Waals surface area (Å²) in [4.78, 5) is 16.8. The molecule has 0 atom stereocenters. The summed E-state index contributed by atoms with van der Waals surface area (Å²) >= 11 is 3.04. The SMILES string of the molecule is Cc1csc(NC(=O)NCCCSc2ccc(F)cc2)n1. The summed E-state index contributed by atoms with van der Waals surface area (Å²) in [6, 6.07) is 6.17. The Morgan fingerprint density at radius 2 is 2.14 bits per heavy atom. The molecule has 0 saturated heterocycles. The number of rotatable bonds is 6. The number of hydrogen-bond donors (Lipinski definition) is 2. The summed E-state index contributed by atoms with van der Waals surface area (Å²) in [6.07, 6.45) is 0.840. The molecule has 0 bridgehead atoms. The van der Waals surface area contributed by atoms with Crippen LogP contribution in [0.5, 0.6) is 0 Å². The van der Waals surface area contributed by atoms with Crippen molar-refractivity contribution < 1.29 is 9.18 Å². The number of nitrogens with zero attached hydrogens (tertiary/aromatic N) is 1. The zero-order chi connectivity index (χ0) is 15.1. The maximum atomic E-state index is 12.7. The smallest absolute Gasteiger partial charge is 0.321 e. The van der Waals surface area contributed by atoms with Crippen LogP contribution in [0, 0.1) is 12.7 Å². The molecule has 7 heteroatoms. The second kappa shape index (κ2) is 7.99. The van der Waals surface area contributed by atoms with Gasteiger partial charge in [-0.3, -0.25) is 5.32 Å². The van der Waals surface area contributed by atoms with Gasteiger partial charge in [-0.2, -0.15) is 0 Å². The number of carbonyl (C=O) groups is 1. The van der Waals surface area contributed by atoms with Gasteiger partial charge in [0.2, 0.25) is 0 Å². The van der Waals surface area contributed by atoms with E-state index >= 15 is 0 Å². The highest BCUT2D eigenvalue weighted by molar-refractivity contribution is 7.99. The van der Waals surface area contributed by atoms with Gasteiger partial charge in [-0.1, -0.05) is 0 Å². The van der Waals surface area contributed by atoms with E-state index in [9.17, 15) is 9.18 Å². The Labute approximate surface area is 131 Å². The molecule has 4 nitrogen and oxygen atoms in total. The number of hydrogen-bond acceptors (Lipinski definition) is 4. The fourth-order valence-electron chi connectivity index (χ4n) is 1.55. The predicted molar refractivity (Wildman–Crippen MR) is 85.6 cm³/mol. The third-order valence-electron chi connectivity index (χ3n) is 2.53. The molecule has 21 heavy (non-hydrogen) atoms. The summed E-state index contributed by atoms with van der Waals surface area (Å²) in [7, 11) is 0. The topological polar surface area (TPSA) is 54.0 Å². The Morgan fingerprint density at radius 1 is 1.38 bits per heavy atom. The van der Waals surface area contributed by atoms with Gasteiger partial charge in [0.15, 0.2) is 5.13 Å². The minimum atomic E-state index is -0.240. The van der Waals surface area contributed by atoms with Crippen LogP contribution in [0.4, 0.5) is 14.3 Å². The van der Waals surface area contributed by atoms with Gasteiger partial charge in [0.25, 0.3) is 0 Å². The molecule has 0 aliphatic rings. The maximum absolute atomic E-state index is 12.7. The van der Waals surface area contributed by atoms with Crippen LogP contribution in [0.15, 0.2) is 34.5 Å². The first-order chi connectivity index (χ1) is 10.1. The van der Waals surface area contributed by atoms with Crippen molar-refractivity contribution in [1.29, 1.82) is 0 Å².